The topological polar surface area (TPSA) is 61.1 Å². The van der Waals surface area contributed by atoms with Crippen molar-refractivity contribution in [2.75, 3.05) is 5.73 Å². The van der Waals surface area contributed by atoms with Crippen LogP contribution in [0.5, 0.6) is 0 Å². The third-order valence-corrected chi connectivity index (χ3v) is 2.55. The van der Waals surface area contributed by atoms with Crippen molar-refractivity contribution >= 4 is 11.5 Å². The largest absolute Gasteiger partial charge is 0.383 e. The number of rotatable bonds is 1. The lowest BCUT2D eigenvalue weighted by Crippen LogP contribution is -1.92. The van der Waals surface area contributed by atoms with Crippen LogP contribution in [0.4, 0.5) is 5.82 Å². The van der Waals surface area contributed by atoms with Gasteiger partial charge < -0.3 is 5.73 Å². The van der Waals surface area contributed by atoms with Gasteiger partial charge in [-0.1, -0.05) is 6.07 Å². The van der Waals surface area contributed by atoms with Crippen molar-refractivity contribution < 1.29 is 0 Å². The summed E-state index contributed by atoms with van der Waals surface area (Å²) >= 11 is 0. The maximum Gasteiger partial charge on any atom is 0.139 e. The van der Waals surface area contributed by atoms with Crippen molar-refractivity contribution in [2.45, 2.75) is 0 Å². The molecule has 3 rings (SSSR count). The SMILES string of the molecule is Cn1cc(-c2nc3ccccn3c2N)cn1. The molecule has 0 atom stereocenters. The molecule has 0 saturated carbocycles. The third-order valence-electron chi connectivity index (χ3n) is 2.55. The van der Waals surface area contributed by atoms with Crippen molar-refractivity contribution in [3.8, 4) is 11.3 Å². The van der Waals surface area contributed by atoms with Gasteiger partial charge in [0.2, 0.25) is 0 Å². The van der Waals surface area contributed by atoms with E-state index in [4.69, 9.17) is 5.73 Å². The van der Waals surface area contributed by atoms with Crippen molar-refractivity contribution in [1.82, 2.24) is 19.2 Å². The van der Waals surface area contributed by atoms with E-state index in [1.54, 1.807) is 10.9 Å². The fourth-order valence-corrected chi connectivity index (χ4v) is 1.77. The zero-order valence-electron chi connectivity index (χ0n) is 8.83. The second kappa shape index (κ2) is 3.10. The first-order chi connectivity index (χ1) is 7.75. The van der Waals surface area contributed by atoms with Gasteiger partial charge in [0.15, 0.2) is 0 Å². The van der Waals surface area contributed by atoms with E-state index in [-0.39, 0.29) is 0 Å². The molecule has 0 amide bonds. The number of hydrogen-bond acceptors (Lipinski definition) is 3. The first kappa shape index (κ1) is 8.96. The Morgan fingerprint density at radius 3 is 2.88 bits per heavy atom. The van der Waals surface area contributed by atoms with Crippen LogP contribution < -0.4 is 5.73 Å². The summed E-state index contributed by atoms with van der Waals surface area (Å²) in [5, 5.41) is 4.12. The molecule has 0 radical (unpaired) electrons. The van der Waals surface area contributed by atoms with Gasteiger partial charge in [-0.05, 0) is 12.1 Å². The van der Waals surface area contributed by atoms with Gasteiger partial charge in [-0.2, -0.15) is 5.10 Å². The minimum atomic E-state index is 0.642. The summed E-state index contributed by atoms with van der Waals surface area (Å²) < 4.78 is 3.60. The summed E-state index contributed by atoms with van der Waals surface area (Å²) in [5.41, 5.74) is 8.60. The van der Waals surface area contributed by atoms with Crippen LogP contribution in [0.25, 0.3) is 16.9 Å². The average Bonchev–Trinajstić information content (AvgIpc) is 2.84. The number of imidazole rings is 1. The number of nitrogens with two attached hydrogens (primary N) is 1. The Kier molecular flexibility index (Phi) is 1.73. The Hall–Kier alpha value is -2.30. The highest BCUT2D eigenvalue weighted by molar-refractivity contribution is 5.73. The van der Waals surface area contributed by atoms with E-state index in [1.807, 2.05) is 42.0 Å². The molecule has 3 aromatic rings. The van der Waals surface area contributed by atoms with Crippen molar-refractivity contribution in [1.29, 1.82) is 0 Å². The van der Waals surface area contributed by atoms with Crippen molar-refractivity contribution in [3.05, 3.63) is 36.8 Å². The molecule has 5 nitrogen and oxygen atoms in total. The smallest absolute Gasteiger partial charge is 0.139 e. The lowest BCUT2D eigenvalue weighted by molar-refractivity contribution is 0.768. The predicted molar refractivity (Wildman–Crippen MR) is 61.8 cm³/mol. The van der Waals surface area contributed by atoms with Gasteiger partial charge in [-0.25, -0.2) is 4.98 Å². The molecule has 16 heavy (non-hydrogen) atoms. The standard InChI is InChI=1S/C11H11N5/c1-15-7-8(6-13-15)10-11(12)16-5-3-2-4-9(16)14-10/h2-7H,12H2,1H3. The molecule has 5 heteroatoms. The van der Waals surface area contributed by atoms with Crippen LogP contribution in [0, 0.1) is 0 Å². The highest BCUT2D eigenvalue weighted by atomic mass is 15.2. The molecule has 0 aromatic carbocycles. The van der Waals surface area contributed by atoms with E-state index in [0.29, 0.717) is 5.82 Å². The van der Waals surface area contributed by atoms with E-state index < -0.39 is 0 Å². The molecule has 0 fully saturated rings. The summed E-state index contributed by atoms with van der Waals surface area (Å²) in [5.74, 6) is 0.642. The van der Waals surface area contributed by atoms with Crippen LogP contribution >= 0.6 is 0 Å². The van der Waals surface area contributed by atoms with Crippen LogP contribution in [0.2, 0.25) is 0 Å². The molecule has 0 spiro atoms. The molecular formula is C11H11N5. The first-order valence-electron chi connectivity index (χ1n) is 4.97. The molecule has 3 heterocycles. The third kappa shape index (κ3) is 1.18. The molecule has 0 aliphatic rings. The number of fused-ring (bicyclic) bond motifs is 1. The molecule has 3 aromatic heterocycles. The predicted octanol–water partition coefficient (Wildman–Crippen LogP) is 1.32. The average molecular weight is 213 g/mol. The van der Waals surface area contributed by atoms with Crippen LogP contribution in [0.15, 0.2) is 36.8 Å². The van der Waals surface area contributed by atoms with E-state index in [1.165, 1.54) is 0 Å². The molecule has 0 bridgehead atoms. The van der Waals surface area contributed by atoms with Crippen molar-refractivity contribution in [2.24, 2.45) is 7.05 Å². The maximum atomic E-state index is 6.04. The lowest BCUT2D eigenvalue weighted by Gasteiger charge is -1.95. The van der Waals surface area contributed by atoms with Gasteiger partial charge in [0, 0.05) is 25.0 Å². The summed E-state index contributed by atoms with van der Waals surface area (Å²) in [6.07, 6.45) is 5.56. The Morgan fingerprint density at radius 2 is 2.19 bits per heavy atom. The zero-order chi connectivity index (χ0) is 11.1. The number of pyridine rings is 1. The second-order valence-electron chi connectivity index (χ2n) is 3.68. The molecule has 80 valence electrons. The Labute approximate surface area is 92.1 Å². The number of aromatic nitrogens is 4. The van der Waals surface area contributed by atoms with Gasteiger partial charge in [-0.3, -0.25) is 9.08 Å². The number of nitrogen functional groups attached to an aromatic ring is 1. The number of nitrogens with zero attached hydrogens (tertiary/aromatic N) is 4. The number of aryl methyl sites for hydroxylation is 1. The number of anilines is 1. The van der Waals surface area contributed by atoms with Crippen LogP contribution in [-0.4, -0.2) is 19.2 Å². The highest BCUT2D eigenvalue weighted by Gasteiger charge is 2.11. The molecule has 0 aliphatic heterocycles. The minimum absolute atomic E-state index is 0.642. The Bertz CT molecular complexity index is 649. The fraction of sp³-hybridized carbons (Fsp3) is 0.0909. The monoisotopic (exact) mass is 213 g/mol. The van der Waals surface area contributed by atoms with Crippen molar-refractivity contribution in [3.63, 3.8) is 0 Å². The Balaban J connectivity index is 2.28. The fourth-order valence-electron chi connectivity index (χ4n) is 1.77. The molecule has 0 unspecified atom stereocenters. The zero-order valence-corrected chi connectivity index (χ0v) is 8.83. The summed E-state index contributed by atoms with van der Waals surface area (Å²) in [4.78, 5) is 4.48. The quantitative estimate of drug-likeness (QED) is 0.663. The van der Waals surface area contributed by atoms with Gasteiger partial charge in [-0.15, -0.1) is 0 Å². The molecule has 0 aliphatic carbocycles. The lowest BCUT2D eigenvalue weighted by atomic mass is 10.2. The molecular weight excluding hydrogens is 202 g/mol. The molecule has 2 N–H and O–H groups in total. The number of hydrogen-bond donors (Lipinski definition) is 1. The molecule has 0 saturated heterocycles. The summed E-state index contributed by atoms with van der Waals surface area (Å²) in [6, 6.07) is 5.79. The van der Waals surface area contributed by atoms with E-state index in [0.717, 1.165) is 16.9 Å². The van der Waals surface area contributed by atoms with Crippen LogP contribution in [0.3, 0.4) is 0 Å². The van der Waals surface area contributed by atoms with Gasteiger partial charge in [0.1, 0.15) is 17.2 Å². The van der Waals surface area contributed by atoms with E-state index >= 15 is 0 Å². The van der Waals surface area contributed by atoms with Gasteiger partial charge in [0.05, 0.1) is 6.20 Å². The Morgan fingerprint density at radius 1 is 1.31 bits per heavy atom. The highest BCUT2D eigenvalue weighted by Crippen LogP contribution is 2.25. The van der Waals surface area contributed by atoms with Crippen LogP contribution in [0.1, 0.15) is 0 Å². The normalized spacial score (nSPS) is 11.1. The minimum Gasteiger partial charge on any atom is -0.383 e. The van der Waals surface area contributed by atoms with Gasteiger partial charge in [0.25, 0.3) is 0 Å². The first-order valence-corrected chi connectivity index (χ1v) is 4.97. The maximum absolute atomic E-state index is 6.04. The van der Waals surface area contributed by atoms with Gasteiger partial charge >= 0.3 is 0 Å². The van der Waals surface area contributed by atoms with Crippen LogP contribution in [-0.2, 0) is 7.05 Å². The van der Waals surface area contributed by atoms with E-state index in [9.17, 15) is 0 Å². The summed E-state index contributed by atoms with van der Waals surface area (Å²) in [7, 11) is 1.87. The van der Waals surface area contributed by atoms with E-state index in [2.05, 4.69) is 10.1 Å². The summed E-state index contributed by atoms with van der Waals surface area (Å²) in [6.45, 7) is 0. The second-order valence-corrected chi connectivity index (χ2v) is 3.68.